The Morgan fingerprint density at radius 2 is 1.74 bits per heavy atom. The van der Waals surface area contributed by atoms with Gasteiger partial charge in [0.2, 0.25) is 11.8 Å². The molecule has 0 radical (unpaired) electrons. The summed E-state index contributed by atoms with van der Waals surface area (Å²) in [5, 5.41) is 3.38. The molecule has 6 heteroatoms. The van der Waals surface area contributed by atoms with E-state index in [9.17, 15) is 14.0 Å². The summed E-state index contributed by atoms with van der Waals surface area (Å²) in [6.07, 6.45) is 0.126. The van der Waals surface area contributed by atoms with E-state index in [2.05, 4.69) is 5.32 Å². The largest absolute Gasteiger partial charge is 0.352 e. The van der Waals surface area contributed by atoms with Gasteiger partial charge in [0.25, 0.3) is 0 Å². The molecule has 27 heavy (non-hydrogen) atoms. The standard InChI is InChI=1S/C21H24ClFN2O2/c1-14(2)24-21(27)15(3)25(13-16-7-9-19(23)10-8-16)20(26)12-17-5-4-6-18(22)11-17/h4-11,14-15H,12-13H2,1-3H3,(H,24,27). The molecule has 0 aromatic heterocycles. The minimum atomic E-state index is -0.663. The van der Waals surface area contributed by atoms with Crippen molar-refractivity contribution >= 4 is 23.4 Å². The summed E-state index contributed by atoms with van der Waals surface area (Å²) < 4.78 is 13.2. The molecule has 0 aliphatic carbocycles. The van der Waals surface area contributed by atoms with Crippen LogP contribution in [0.25, 0.3) is 0 Å². The SMILES string of the molecule is CC(C)NC(=O)C(C)N(Cc1ccc(F)cc1)C(=O)Cc1cccc(Cl)c1. The first-order valence-electron chi connectivity index (χ1n) is 8.85. The smallest absolute Gasteiger partial charge is 0.242 e. The summed E-state index contributed by atoms with van der Waals surface area (Å²) in [7, 11) is 0. The zero-order chi connectivity index (χ0) is 20.0. The fourth-order valence-electron chi connectivity index (χ4n) is 2.70. The Balaban J connectivity index is 2.22. The van der Waals surface area contributed by atoms with Crippen molar-refractivity contribution in [2.45, 2.75) is 45.8 Å². The van der Waals surface area contributed by atoms with Crippen LogP contribution in [0.1, 0.15) is 31.9 Å². The maximum absolute atomic E-state index is 13.2. The molecule has 0 fully saturated rings. The number of hydrogen-bond donors (Lipinski definition) is 1. The minimum absolute atomic E-state index is 0.0318. The van der Waals surface area contributed by atoms with Gasteiger partial charge in [0.1, 0.15) is 11.9 Å². The van der Waals surface area contributed by atoms with Crippen LogP contribution in [0.2, 0.25) is 5.02 Å². The zero-order valence-electron chi connectivity index (χ0n) is 15.7. The third-order valence-electron chi connectivity index (χ3n) is 4.11. The second-order valence-electron chi connectivity index (χ2n) is 6.79. The van der Waals surface area contributed by atoms with E-state index in [1.165, 1.54) is 17.0 Å². The summed E-state index contributed by atoms with van der Waals surface area (Å²) >= 11 is 6.00. The van der Waals surface area contributed by atoms with Gasteiger partial charge >= 0.3 is 0 Å². The number of halogens is 2. The van der Waals surface area contributed by atoms with Gasteiger partial charge in [-0.05, 0) is 56.2 Å². The van der Waals surface area contributed by atoms with Crippen LogP contribution >= 0.6 is 11.6 Å². The monoisotopic (exact) mass is 390 g/mol. The third kappa shape index (κ3) is 6.36. The van der Waals surface area contributed by atoms with E-state index in [1.54, 1.807) is 37.3 Å². The fraction of sp³-hybridized carbons (Fsp3) is 0.333. The highest BCUT2D eigenvalue weighted by Gasteiger charge is 2.26. The van der Waals surface area contributed by atoms with Gasteiger partial charge in [-0.15, -0.1) is 0 Å². The lowest BCUT2D eigenvalue weighted by atomic mass is 10.1. The molecule has 0 heterocycles. The minimum Gasteiger partial charge on any atom is -0.352 e. The normalized spacial score (nSPS) is 11.9. The van der Waals surface area contributed by atoms with E-state index in [-0.39, 0.29) is 36.6 Å². The van der Waals surface area contributed by atoms with Gasteiger partial charge in [-0.3, -0.25) is 9.59 Å². The number of nitrogens with one attached hydrogen (secondary N) is 1. The lowest BCUT2D eigenvalue weighted by Crippen LogP contribution is -2.49. The number of carbonyl (C=O) groups excluding carboxylic acids is 2. The fourth-order valence-corrected chi connectivity index (χ4v) is 2.91. The van der Waals surface area contributed by atoms with Crippen molar-refractivity contribution in [3.8, 4) is 0 Å². The van der Waals surface area contributed by atoms with Crippen LogP contribution in [0.15, 0.2) is 48.5 Å². The van der Waals surface area contributed by atoms with Crippen LogP contribution in [0.4, 0.5) is 4.39 Å². The molecule has 0 aliphatic heterocycles. The molecule has 0 spiro atoms. The number of carbonyl (C=O) groups is 2. The second kappa shape index (κ2) is 9.51. The van der Waals surface area contributed by atoms with Gasteiger partial charge in [0.05, 0.1) is 6.42 Å². The van der Waals surface area contributed by atoms with Gasteiger partial charge < -0.3 is 10.2 Å². The molecule has 1 unspecified atom stereocenters. The molecule has 0 bridgehead atoms. The van der Waals surface area contributed by atoms with Gasteiger partial charge in [-0.1, -0.05) is 35.9 Å². The first-order chi connectivity index (χ1) is 12.8. The highest BCUT2D eigenvalue weighted by atomic mass is 35.5. The Morgan fingerprint density at radius 1 is 1.07 bits per heavy atom. The zero-order valence-corrected chi connectivity index (χ0v) is 16.5. The summed E-state index contributed by atoms with van der Waals surface area (Å²) in [4.78, 5) is 26.9. The van der Waals surface area contributed by atoms with Crippen LogP contribution in [0.5, 0.6) is 0 Å². The molecule has 1 N–H and O–H groups in total. The molecule has 1 atom stereocenters. The first-order valence-corrected chi connectivity index (χ1v) is 9.23. The number of hydrogen-bond acceptors (Lipinski definition) is 2. The number of amides is 2. The molecular formula is C21H24ClFN2O2. The maximum atomic E-state index is 13.2. The van der Waals surface area contributed by atoms with Crippen molar-refractivity contribution in [3.05, 3.63) is 70.5 Å². The van der Waals surface area contributed by atoms with Gasteiger partial charge in [-0.2, -0.15) is 0 Å². The second-order valence-corrected chi connectivity index (χ2v) is 7.23. The number of nitrogens with zero attached hydrogens (tertiary/aromatic N) is 1. The van der Waals surface area contributed by atoms with E-state index in [1.807, 2.05) is 19.9 Å². The predicted molar refractivity (Wildman–Crippen MR) is 105 cm³/mol. The molecule has 2 aromatic rings. The highest BCUT2D eigenvalue weighted by molar-refractivity contribution is 6.30. The third-order valence-corrected chi connectivity index (χ3v) is 4.34. The lowest BCUT2D eigenvalue weighted by molar-refractivity contribution is -0.140. The molecular weight excluding hydrogens is 367 g/mol. The summed E-state index contributed by atoms with van der Waals surface area (Å²) in [6.45, 7) is 5.63. The van der Waals surface area contributed by atoms with Gasteiger partial charge in [0, 0.05) is 17.6 Å². The lowest BCUT2D eigenvalue weighted by Gasteiger charge is -2.29. The Morgan fingerprint density at radius 3 is 2.33 bits per heavy atom. The van der Waals surface area contributed by atoms with E-state index >= 15 is 0 Å². The van der Waals surface area contributed by atoms with Gasteiger partial charge in [-0.25, -0.2) is 4.39 Å². The topological polar surface area (TPSA) is 49.4 Å². The van der Waals surface area contributed by atoms with Crippen LogP contribution in [0.3, 0.4) is 0 Å². The molecule has 2 aromatic carbocycles. The average molecular weight is 391 g/mol. The molecule has 144 valence electrons. The summed E-state index contributed by atoms with van der Waals surface area (Å²) in [6, 6.07) is 12.3. The van der Waals surface area contributed by atoms with Crippen molar-refractivity contribution < 1.29 is 14.0 Å². The van der Waals surface area contributed by atoms with E-state index in [4.69, 9.17) is 11.6 Å². The van der Waals surface area contributed by atoms with Crippen molar-refractivity contribution in [1.82, 2.24) is 10.2 Å². The molecule has 0 saturated carbocycles. The highest BCUT2D eigenvalue weighted by Crippen LogP contribution is 2.15. The average Bonchev–Trinajstić information content (AvgIpc) is 2.60. The summed E-state index contributed by atoms with van der Waals surface area (Å²) in [5.74, 6) is -0.777. The Kier molecular flexibility index (Phi) is 7.36. The predicted octanol–water partition coefficient (Wildman–Crippen LogP) is 3.96. The van der Waals surface area contributed by atoms with Crippen LogP contribution < -0.4 is 5.32 Å². The Hall–Kier alpha value is -2.40. The Bertz CT molecular complexity index is 793. The van der Waals surface area contributed by atoms with Gasteiger partial charge in [0.15, 0.2) is 0 Å². The molecule has 0 saturated heterocycles. The van der Waals surface area contributed by atoms with Crippen LogP contribution in [0, 0.1) is 5.82 Å². The van der Waals surface area contributed by atoms with Crippen molar-refractivity contribution in [2.75, 3.05) is 0 Å². The summed E-state index contributed by atoms with van der Waals surface area (Å²) in [5.41, 5.74) is 1.52. The molecule has 2 rings (SSSR count). The first kappa shape index (κ1) is 20.9. The van der Waals surface area contributed by atoms with Crippen LogP contribution in [-0.4, -0.2) is 28.8 Å². The quantitative estimate of drug-likeness (QED) is 0.777. The molecule has 0 aliphatic rings. The van der Waals surface area contributed by atoms with Crippen molar-refractivity contribution in [2.24, 2.45) is 0 Å². The van der Waals surface area contributed by atoms with E-state index < -0.39 is 6.04 Å². The van der Waals surface area contributed by atoms with Crippen LogP contribution in [-0.2, 0) is 22.6 Å². The van der Waals surface area contributed by atoms with Crippen molar-refractivity contribution in [3.63, 3.8) is 0 Å². The van der Waals surface area contributed by atoms with E-state index in [0.717, 1.165) is 11.1 Å². The number of rotatable bonds is 7. The van der Waals surface area contributed by atoms with E-state index in [0.29, 0.717) is 5.02 Å². The number of benzene rings is 2. The maximum Gasteiger partial charge on any atom is 0.242 e. The Labute approximate surface area is 164 Å². The molecule has 4 nitrogen and oxygen atoms in total. The molecule has 2 amide bonds. The van der Waals surface area contributed by atoms with Crippen molar-refractivity contribution in [1.29, 1.82) is 0 Å².